The number of carbonyl (C=O) groups excluding carboxylic acids is 1. The number of rotatable bonds is 6. The number of nitrogens with one attached hydrogen (secondary N) is 2. The van der Waals surface area contributed by atoms with Crippen molar-refractivity contribution < 1.29 is 18.0 Å². The van der Waals surface area contributed by atoms with Crippen molar-refractivity contribution in [1.82, 2.24) is 15.5 Å². The number of benzene rings is 2. The van der Waals surface area contributed by atoms with Crippen LogP contribution in [0.4, 0.5) is 13.2 Å². The lowest BCUT2D eigenvalue weighted by Crippen LogP contribution is -2.42. The Morgan fingerprint density at radius 3 is 2.30 bits per heavy atom. The molecule has 2 N–H and O–H groups in total. The molecule has 5 nitrogen and oxygen atoms in total. The highest BCUT2D eigenvalue weighted by Crippen LogP contribution is 2.29. The summed E-state index contributed by atoms with van der Waals surface area (Å²) in [6.07, 6.45) is -4.40. The number of likely N-dealkylation sites (N-methyl/N-ethyl adjacent to an activating group) is 1. The summed E-state index contributed by atoms with van der Waals surface area (Å²) in [6.45, 7) is 2.52. The van der Waals surface area contributed by atoms with E-state index in [0.29, 0.717) is 18.1 Å². The van der Waals surface area contributed by atoms with Gasteiger partial charge in [0.15, 0.2) is 5.96 Å². The molecule has 0 unspecified atom stereocenters. The van der Waals surface area contributed by atoms with Crippen LogP contribution in [0.3, 0.4) is 0 Å². The number of amides is 1. The third-order valence-electron chi connectivity index (χ3n) is 4.16. The topological polar surface area (TPSA) is 56.7 Å². The average Bonchev–Trinajstić information content (AvgIpc) is 2.67. The number of carbonyl (C=O) groups is 1. The van der Waals surface area contributed by atoms with Gasteiger partial charge in [-0.1, -0.05) is 42.0 Å². The van der Waals surface area contributed by atoms with Gasteiger partial charge in [-0.05, 0) is 30.2 Å². The van der Waals surface area contributed by atoms with Gasteiger partial charge in [0.1, 0.15) is 0 Å². The predicted molar refractivity (Wildman–Crippen MR) is 123 cm³/mol. The Balaban J connectivity index is 0.00000450. The van der Waals surface area contributed by atoms with Crippen molar-refractivity contribution >= 4 is 35.8 Å². The van der Waals surface area contributed by atoms with Crippen LogP contribution in [0.5, 0.6) is 0 Å². The van der Waals surface area contributed by atoms with Crippen LogP contribution >= 0.6 is 24.0 Å². The van der Waals surface area contributed by atoms with Crippen molar-refractivity contribution in [2.45, 2.75) is 26.2 Å². The fourth-order valence-electron chi connectivity index (χ4n) is 2.40. The number of guanidine groups is 1. The van der Waals surface area contributed by atoms with Gasteiger partial charge in [-0.25, -0.2) is 4.99 Å². The molecule has 0 aromatic heterocycles. The van der Waals surface area contributed by atoms with Crippen molar-refractivity contribution in [3.05, 3.63) is 70.8 Å². The highest BCUT2D eigenvalue weighted by molar-refractivity contribution is 14.0. The van der Waals surface area contributed by atoms with Gasteiger partial charge in [-0.15, -0.1) is 24.0 Å². The van der Waals surface area contributed by atoms with E-state index in [0.717, 1.165) is 23.3 Å². The molecule has 0 heterocycles. The summed E-state index contributed by atoms with van der Waals surface area (Å²) in [5.41, 5.74) is 1.87. The van der Waals surface area contributed by atoms with E-state index in [9.17, 15) is 18.0 Å². The maximum Gasteiger partial charge on any atom is 0.416 e. The molecule has 0 spiro atoms. The van der Waals surface area contributed by atoms with Gasteiger partial charge in [-0.3, -0.25) is 4.79 Å². The SMILES string of the molecule is Cc1ccc(CNC(=NCc2cccc(C(F)(F)F)c2)NCC(=O)N(C)C)cc1.I. The zero-order chi connectivity index (χ0) is 21.4. The summed E-state index contributed by atoms with van der Waals surface area (Å²) in [5, 5.41) is 6.03. The summed E-state index contributed by atoms with van der Waals surface area (Å²) in [6, 6.07) is 13.0. The molecule has 164 valence electrons. The Kier molecular flexibility index (Phi) is 10.1. The van der Waals surface area contributed by atoms with Crippen LogP contribution < -0.4 is 10.6 Å². The molecule has 2 rings (SSSR count). The van der Waals surface area contributed by atoms with Crippen molar-refractivity contribution in [2.24, 2.45) is 4.99 Å². The molecular formula is C21H26F3IN4O. The number of hydrogen-bond donors (Lipinski definition) is 2. The molecule has 0 aliphatic carbocycles. The molecule has 2 aromatic carbocycles. The number of nitrogens with zero attached hydrogens (tertiary/aromatic N) is 2. The van der Waals surface area contributed by atoms with Crippen LogP contribution in [-0.2, 0) is 24.1 Å². The van der Waals surface area contributed by atoms with Gasteiger partial charge in [0.05, 0.1) is 18.7 Å². The third kappa shape index (κ3) is 8.60. The highest BCUT2D eigenvalue weighted by atomic mass is 127. The normalized spacial score (nSPS) is 11.5. The van der Waals surface area contributed by atoms with Gasteiger partial charge in [0.2, 0.25) is 5.91 Å². The van der Waals surface area contributed by atoms with Gasteiger partial charge < -0.3 is 15.5 Å². The third-order valence-corrected chi connectivity index (χ3v) is 4.16. The maximum atomic E-state index is 12.9. The molecule has 0 bridgehead atoms. The number of halogens is 4. The van der Waals surface area contributed by atoms with Crippen molar-refractivity contribution in [1.29, 1.82) is 0 Å². The lowest BCUT2D eigenvalue weighted by Gasteiger charge is -2.15. The van der Waals surface area contributed by atoms with Crippen LogP contribution in [0.25, 0.3) is 0 Å². The van der Waals surface area contributed by atoms with Gasteiger partial charge >= 0.3 is 6.18 Å². The lowest BCUT2D eigenvalue weighted by atomic mass is 10.1. The molecule has 9 heteroatoms. The molecule has 0 radical (unpaired) electrons. The van der Waals surface area contributed by atoms with Crippen LogP contribution in [0.2, 0.25) is 0 Å². The highest BCUT2D eigenvalue weighted by Gasteiger charge is 2.30. The van der Waals surface area contributed by atoms with Crippen LogP contribution in [-0.4, -0.2) is 37.4 Å². The molecule has 0 aliphatic rings. The summed E-state index contributed by atoms with van der Waals surface area (Å²) >= 11 is 0. The number of alkyl halides is 3. The first kappa shape index (κ1) is 25.7. The average molecular weight is 534 g/mol. The quantitative estimate of drug-likeness (QED) is 0.336. The minimum Gasteiger partial charge on any atom is -0.352 e. The van der Waals surface area contributed by atoms with E-state index in [1.165, 1.54) is 11.0 Å². The largest absolute Gasteiger partial charge is 0.416 e. The maximum absolute atomic E-state index is 12.9. The van der Waals surface area contributed by atoms with Gasteiger partial charge in [-0.2, -0.15) is 13.2 Å². The second-order valence-corrected chi connectivity index (χ2v) is 6.84. The van der Waals surface area contributed by atoms with E-state index < -0.39 is 11.7 Å². The predicted octanol–water partition coefficient (Wildman–Crippen LogP) is 3.96. The smallest absolute Gasteiger partial charge is 0.352 e. The minimum absolute atomic E-state index is 0. The van der Waals surface area contributed by atoms with E-state index >= 15 is 0 Å². The van der Waals surface area contributed by atoms with Crippen LogP contribution in [0.1, 0.15) is 22.3 Å². The fraction of sp³-hybridized carbons (Fsp3) is 0.333. The molecule has 0 aliphatic heterocycles. The Bertz CT molecular complexity index is 852. The first-order valence-corrected chi connectivity index (χ1v) is 9.09. The molecule has 30 heavy (non-hydrogen) atoms. The van der Waals surface area contributed by atoms with Gasteiger partial charge in [0, 0.05) is 20.6 Å². The first-order valence-electron chi connectivity index (χ1n) is 9.09. The number of hydrogen-bond acceptors (Lipinski definition) is 2. The molecule has 0 atom stereocenters. The summed E-state index contributed by atoms with van der Waals surface area (Å²) < 4.78 is 38.7. The lowest BCUT2D eigenvalue weighted by molar-refractivity contribution is -0.137. The van der Waals surface area contributed by atoms with Crippen molar-refractivity contribution in [3.8, 4) is 0 Å². The summed E-state index contributed by atoms with van der Waals surface area (Å²) in [4.78, 5) is 17.6. The monoisotopic (exact) mass is 534 g/mol. The summed E-state index contributed by atoms with van der Waals surface area (Å²) in [7, 11) is 3.28. The Hall–Kier alpha value is -2.30. The number of aliphatic imine (C=N–C) groups is 1. The van der Waals surface area contributed by atoms with Crippen LogP contribution in [0, 0.1) is 6.92 Å². The van der Waals surface area contributed by atoms with E-state index in [-0.39, 0.29) is 43.0 Å². The number of aryl methyl sites for hydroxylation is 1. The Labute approximate surface area is 191 Å². The second-order valence-electron chi connectivity index (χ2n) is 6.84. The van der Waals surface area contributed by atoms with Crippen molar-refractivity contribution in [2.75, 3.05) is 20.6 Å². The van der Waals surface area contributed by atoms with E-state index in [1.54, 1.807) is 20.2 Å². The zero-order valence-corrected chi connectivity index (χ0v) is 19.4. The molecule has 0 fully saturated rings. The first-order chi connectivity index (χ1) is 13.6. The molecular weight excluding hydrogens is 508 g/mol. The van der Waals surface area contributed by atoms with Gasteiger partial charge in [0.25, 0.3) is 0 Å². The Morgan fingerprint density at radius 2 is 1.70 bits per heavy atom. The summed E-state index contributed by atoms with van der Waals surface area (Å²) in [5.74, 6) is 0.201. The fourth-order valence-corrected chi connectivity index (χ4v) is 2.40. The molecule has 1 amide bonds. The molecule has 0 saturated carbocycles. The molecule has 2 aromatic rings. The standard InChI is InChI=1S/C21H25F3N4O.HI/c1-15-7-9-16(10-8-15)12-25-20(27-14-19(29)28(2)3)26-13-17-5-4-6-18(11-17)21(22,23)24;/h4-11H,12-14H2,1-3H3,(H2,25,26,27);1H. The van der Waals surface area contributed by atoms with E-state index in [4.69, 9.17) is 0 Å². The minimum atomic E-state index is -4.40. The van der Waals surface area contributed by atoms with Crippen LogP contribution in [0.15, 0.2) is 53.5 Å². The Morgan fingerprint density at radius 1 is 1.03 bits per heavy atom. The van der Waals surface area contributed by atoms with E-state index in [1.807, 2.05) is 31.2 Å². The van der Waals surface area contributed by atoms with Crippen molar-refractivity contribution in [3.63, 3.8) is 0 Å². The zero-order valence-electron chi connectivity index (χ0n) is 17.1. The molecule has 0 saturated heterocycles. The second kappa shape index (κ2) is 11.8. The van der Waals surface area contributed by atoms with E-state index in [2.05, 4.69) is 15.6 Å².